The molecule has 0 atom stereocenters. The van der Waals surface area contributed by atoms with Crippen LogP contribution in [0, 0.1) is 0 Å². The van der Waals surface area contributed by atoms with E-state index >= 15 is 0 Å². The van der Waals surface area contributed by atoms with Crippen LogP contribution in [0.4, 0.5) is 0 Å². The molecule has 0 saturated heterocycles. The van der Waals surface area contributed by atoms with E-state index < -0.39 is 0 Å². The van der Waals surface area contributed by atoms with Crippen molar-refractivity contribution in [2.45, 2.75) is 19.8 Å². The highest BCUT2D eigenvalue weighted by atomic mass is 32.1. The molecule has 2 rings (SSSR count). The molecule has 0 aliphatic rings. The van der Waals surface area contributed by atoms with Gasteiger partial charge >= 0.3 is 0 Å². The van der Waals surface area contributed by atoms with Crippen molar-refractivity contribution in [3.63, 3.8) is 0 Å². The zero-order chi connectivity index (χ0) is 10.7. The van der Waals surface area contributed by atoms with Crippen LogP contribution in [0.3, 0.4) is 0 Å². The van der Waals surface area contributed by atoms with E-state index in [4.69, 9.17) is 0 Å². The van der Waals surface area contributed by atoms with Crippen LogP contribution >= 0.6 is 11.3 Å². The third-order valence-corrected chi connectivity index (χ3v) is 2.75. The lowest BCUT2D eigenvalue weighted by atomic mass is 10.3. The second kappa shape index (κ2) is 4.35. The summed E-state index contributed by atoms with van der Waals surface area (Å²) in [5.41, 5.74) is 2.55. The summed E-state index contributed by atoms with van der Waals surface area (Å²) in [5, 5.41) is 1.89. The lowest BCUT2D eigenvalue weighted by Crippen LogP contribution is -2.15. The summed E-state index contributed by atoms with van der Waals surface area (Å²) in [5.74, 6) is 0.825. The molecule has 0 saturated carbocycles. The van der Waals surface area contributed by atoms with Crippen molar-refractivity contribution in [3.8, 4) is 0 Å². The molecule has 0 aromatic carbocycles. The van der Waals surface area contributed by atoms with Gasteiger partial charge in [0.2, 0.25) is 5.91 Å². The first kappa shape index (κ1) is 10.0. The zero-order valence-electron chi connectivity index (χ0n) is 8.38. The number of hydrogen-bond acceptors (Lipinski definition) is 4. The van der Waals surface area contributed by atoms with E-state index in [1.54, 1.807) is 22.5 Å². The average molecular weight is 221 g/mol. The molecule has 0 aliphatic carbocycles. The molecule has 2 aromatic rings. The van der Waals surface area contributed by atoms with E-state index in [0.29, 0.717) is 6.42 Å². The molecule has 2 heterocycles. The summed E-state index contributed by atoms with van der Waals surface area (Å²) < 4.78 is 1.60. The monoisotopic (exact) mass is 221 g/mol. The fourth-order valence-corrected chi connectivity index (χ4v) is 1.95. The Balaban J connectivity index is 2.15. The highest BCUT2D eigenvalue weighted by Gasteiger charge is 2.10. The second-order valence-corrected chi connectivity index (χ2v) is 3.84. The van der Waals surface area contributed by atoms with Crippen molar-refractivity contribution in [1.29, 1.82) is 0 Å². The number of rotatable bonds is 3. The third-order valence-electron chi connectivity index (χ3n) is 2.12. The maximum Gasteiger partial charge on any atom is 0.238 e. The number of carbonyl (C=O) groups is 1. The van der Waals surface area contributed by atoms with Crippen LogP contribution in [-0.2, 0) is 12.8 Å². The van der Waals surface area contributed by atoms with Crippen molar-refractivity contribution in [2.24, 2.45) is 0 Å². The van der Waals surface area contributed by atoms with Gasteiger partial charge in [-0.05, 0) is 0 Å². The smallest absolute Gasteiger partial charge is 0.238 e. The second-order valence-electron chi connectivity index (χ2n) is 3.12. The average Bonchev–Trinajstić information content (AvgIpc) is 2.86. The number of nitrogens with zero attached hydrogens (tertiary/aromatic N) is 3. The molecular weight excluding hydrogens is 210 g/mol. The molecule has 0 aliphatic heterocycles. The summed E-state index contributed by atoms with van der Waals surface area (Å²) in [4.78, 5) is 20.0. The summed E-state index contributed by atoms with van der Waals surface area (Å²) in [7, 11) is 0. The molecule has 0 unspecified atom stereocenters. The normalized spacial score (nSPS) is 10.5. The quantitative estimate of drug-likeness (QED) is 0.793. The molecule has 0 N–H and O–H groups in total. The number of thiazole rings is 1. The van der Waals surface area contributed by atoms with Gasteiger partial charge in [-0.2, -0.15) is 0 Å². The van der Waals surface area contributed by atoms with Crippen LogP contribution in [0.25, 0.3) is 0 Å². The van der Waals surface area contributed by atoms with Crippen LogP contribution in [0.1, 0.15) is 23.2 Å². The Labute approximate surface area is 91.6 Å². The maximum atomic E-state index is 11.8. The van der Waals surface area contributed by atoms with E-state index in [2.05, 4.69) is 9.97 Å². The molecule has 4 nitrogen and oxygen atoms in total. The van der Waals surface area contributed by atoms with Gasteiger partial charge < -0.3 is 0 Å². The van der Waals surface area contributed by atoms with Crippen molar-refractivity contribution in [3.05, 3.63) is 34.8 Å². The van der Waals surface area contributed by atoms with Crippen LogP contribution in [-0.4, -0.2) is 20.4 Å². The summed E-state index contributed by atoms with van der Waals surface area (Å²) in [6, 6.07) is 0. The predicted octanol–water partition coefficient (Wildman–Crippen LogP) is 1.78. The Kier molecular flexibility index (Phi) is 2.91. The molecular formula is C10H11N3OS. The standard InChI is InChI=1S/C10H11N3OS/c1-2-9-11-3-4-13(9)10(14)5-8-6-15-7-12-8/h3-4,6-7H,2,5H2,1H3. The number of hydrogen-bond donors (Lipinski definition) is 0. The Morgan fingerprint density at radius 2 is 2.40 bits per heavy atom. The van der Waals surface area contributed by atoms with E-state index in [-0.39, 0.29) is 5.91 Å². The first-order chi connectivity index (χ1) is 7.31. The van der Waals surface area contributed by atoms with Crippen LogP contribution in [0.15, 0.2) is 23.3 Å². The topological polar surface area (TPSA) is 47.8 Å². The van der Waals surface area contributed by atoms with E-state index in [1.165, 1.54) is 11.3 Å². The van der Waals surface area contributed by atoms with Gasteiger partial charge in [0.1, 0.15) is 5.82 Å². The molecule has 0 fully saturated rings. The van der Waals surface area contributed by atoms with Gasteiger partial charge in [0.05, 0.1) is 17.6 Å². The first-order valence-corrected chi connectivity index (χ1v) is 5.68. The number of aryl methyl sites for hydroxylation is 1. The zero-order valence-corrected chi connectivity index (χ0v) is 9.20. The Hall–Kier alpha value is -1.49. The summed E-state index contributed by atoms with van der Waals surface area (Å²) in [6.07, 6.45) is 4.45. The van der Waals surface area contributed by atoms with E-state index in [0.717, 1.165) is 17.9 Å². The lowest BCUT2D eigenvalue weighted by Gasteiger charge is -2.02. The Morgan fingerprint density at radius 1 is 1.53 bits per heavy atom. The highest BCUT2D eigenvalue weighted by Crippen LogP contribution is 2.05. The fraction of sp³-hybridized carbons (Fsp3) is 0.300. The molecule has 0 bridgehead atoms. The molecule has 0 spiro atoms. The van der Waals surface area contributed by atoms with Crippen molar-refractivity contribution < 1.29 is 4.79 Å². The summed E-state index contributed by atoms with van der Waals surface area (Å²) >= 11 is 1.50. The van der Waals surface area contributed by atoms with Gasteiger partial charge in [-0.1, -0.05) is 6.92 Å². The lowest BCUT2D eigenvalue weighted by molar-refractivity contribution is 0.0910. The van der Waals surface area contributed by atoms with Gasteiger partial charge in [-0.15, -0.1) is 11.3 Å². The molecule has 5 heteroatoms. The van der Waals surface area contributed by atoms with Crippen molar-refractivity contribution in [2.75, 3.05) is 0 Å². The van der Waals surface area contributed by atoms with E-state index in [9.17, 15) is 4.79 Å². The highest BCUT2D eigenvalue weighted by molar-refractivity contribution is 7.07. The largest absolute Gasteiger partial charge is 0.274 e. The van der Waals surface area contributed by atoms with Crippen LogP contribution in [0.2, 0.25) is 0 Å². The Bertz CT molecular complexity index is 447. The molecule has 0 radical (unpaired) electrons. The number of aromatic nitrogens is 3. The number of carbonyl (C=O) groups excluding carboxylic acids is 1. The Morgan fingerprint density at radius 3 is 3.07 bits per heavy atom. The van der Waals surface area contributed by atoms with Crippen LogP contribution < -0.4 is 0 Å². The van der Waals surface area contributed by atoms with Gasteiger partial charge in [-0.25, -0.2) is 9.97 Å². The molecule has 15 heavy (non-hydrogen) atoms. The summed E-state index contributed by atoms with van der Waals surface area (Å²) in [6.45, 7) is 1.98. The molecule has 2 aromatic heterocycles. The molecule has 78 valence electrons. The van der Waals surface area contributed by atoms with Crippen molar-refractivity contribution >= 4 is 17.2 Å². The third kappa shape index (κ3) is 2.12. The van der Waals surface area contributed by atoms with Crippen molar-refractivity contribution in [1.82, 2.24) is 14.5 Å². The fourth-order valence-electron chi connectivity index (χ4n) is 1.39. The van der Waals surface area contributed by atoms with Gasteiger partial charge in [0.25, 0.3) is 0 Å². The maximum absolute atomic E-state index is 11.8. The first-order valence-electron chi connectivity index (χ1n) is 4.73. The number of imidazole rings is 1. The van der Waals surface area contributed by atoms with Gasteiger partial charge in [0.15, 0.2) is 0 Å². The predicted molar refractivity (Wildman–Crippen MR) is 58.0 cm³/mol. The minimum atomic E-state index is 0.0234. The van der Waals surface area contributed by atoms with Gasteiger partial charge in [-0.3, -0.25) is 9.36 Å². The van der Waals surface area contributed by atoms with Gasteiger partial charge in [0, 0.05) is 24.2 Å². The minimum absolute atomic E-state index is 0.0234. The molecule has 0 amide bonds. The SMILES string of the molecule is CCc1nccn1C(=O)Cc1cscn1. The van der Waals surface area contributed by atoms with E-state index in [1.807, 2.05) is 12.3 Å². The van der Waals surface area contributed by atoms with Crippen LogP contribution in [0.5, 0.6) is 0 Å². The minimum Gasteiger partial charge on any atom is -0.274 e.